The quantitative estimate of drug-likeness (QED) is 0.342. The van der Waals surface area contributed by atoms with Crippen molar-refractivity contribution in [3.63, 3.8) is 0 Å². The predicted molar refractivity (Wildman–Crippen MR) is 155 cm³/mol. The molecule has 0 bridgehead atoms. The first-order valence-electron chi connectivity index (χ1n) is 14.1. The van der Waals surface area contributed by atoms with Crippen molar-refractivity contribution in [2.75, 3.05) is 39.0 Å². The van der Waals surface area contributed by atoms with Crippen LogP contribution in [0.3, 0.4) is 0 Å². The van der Waals surface area contributed by atoms with Crippen LogP contribution in [-0.2, 0) is 6.42 Å². The van der Waals surface area contributed by atoms with Gasteiger partial charge in [-0.15, -0.1) is 0 Å². The first-order valence-corrected chi connectivity index (χ1v) is 14.1. The number of hydrogen-bond acceptors (Lipinski definition) is 7. The lowest BCUT2D eigenvalue weighted by atomic mass is 9.89. The van der Waals surface area contributed by atoms with E-state index in [-0.39, 0.29) is 0 Å². The Balaban J connectivity index is 1.12. The molecule has 2 N–H and O–H groups in total. The molecule has 4 heterocycles. The number of nitrogens with zero attached hydrogens (tertiary/aromatic N) is 6. The highest BCUT2D eigenvalue weighted by Crippen LogP contribution is 2.38. The normalized spacial score (nSPS) is 21.2. The number of nitrogen functional groups attached to an aromatic ring is 1. The maximum Gasteiger partial charge on any atom is 0.199 e. The minimum Gasteiger partial charge on any atom is -0.440 e. The molecule has 1 saturated carbocycles. The molecular formula is C31H35N7O. The molecule has 2 fully saturated rings. The lowest BCUT2D eigenvalue weighted by Crippen LogP contribution is -2.49. The highest BCUT2D eigenvalue weighted by Gasteiger charge is 2.30. The van der Waals surface area contributed by atoms with Gasteiger partial charge in [-0.25, -0.2) is 4.98 Å². The Hall–Kier alpha value is -3.75. The number of anilines is 1. The number of aromatic nitrogens is 4. The van der Waals surface area contributed by atoms with Gasteiger partial charge >= 0.3 is 0 Å². The lowest BCUT2D eigenvalue weighted by Gasteiger charge is -2.41. The molecule has 2 aromatic carbocycles. The molecule has 1 aliphatic carbocycles. The third-order valence-electron chi connectivity index (χ3n) is 8.63. The monoisotopic (exact) mass is 521 g/mol. The third-order valence-corrected chi connectivity index (χ3v) is 8.63. The number of fused-ring (bicyclic) bond motifs is 2. The average Bonchev–Trinajstić information content (AvgIpc) is 3.56. The molecule has 0 amide bonds. The molecule has 39 heavy (non-hydrogen) atoms. The van der Waals surface area contributed by atoms with Crippen LogP contribution in [0, 0.1) is 0 Å². The molecule has 5 aromatic rings. The van der Waals surface area contributed by atoms with Crippen LogP contribution in [0.1, 0.15) is 43.2 Å². The number of pyridine rings is 1. The first kappa shape index (κ1) is 24.3. The van der Waals surface area contributed by atoms with Gasteiger partial charge in [0.25, 0.3) is 0 Å². The average molecular weight is 522 g/mol. The van der Waals surface area contributed by atoms with Gasteiger partial charge in [-0.2, -0.15) is 5.10 Å². The molecule has 8 nitrogen and oxygen atoms in total. The fourth-order valence-corrected chi connectivity index (χ4v) is 6.39. The van der Waals surface area contributed by atoms with Crippen molar-refractivity contribution in [2.24, 2.45) is 0 Å². The molecule has 7 rings (SSSR count). The van der Waals surface area contributed by atoms with Gasteiger partial charge in [0.15, 0.2) is 11.5 Å². The Kier molecular flexibility index (Phi) is 6.29. The van der Waals surface area contributed by atoms with Gasteiger partial charge < -0.3 is 15.1 Å². The van der Waals surface area contributed by atoms with Crippen LogP contribution in [0.2, 0.25) is 0 Å². The summed E-state index contributed by atoms with van der Waals surface area (Å²) in [5, 5.41) is 6.18. The summed E-state index contributed by atoms with van der Waals surface area (Å²) in [5.41, 5.74) is 13.0. The van der Waals surface area contributed by atoms with E-state index < -0.39 is 0 Å². The molecule has 2 aliphatic rings. The smallest absolute Gasteiger partial charge is 0.199 e. The first-order chi connectivity index (χ1) is 19.1. The fraction of sp³-hybridized carbons (Fsp3) is 0.387. The molecule has 0 spiro atoms. The topological polar surface area (TPSA) is 89.2 Å². The van der Waals surface area contributed by atoms with Gasteiger partial charge in [-0.1, -0.05) is 36.4 Å². The minimum atomic E-state index is 0.368. The van der Waals surface area contributed by atoms with E-state index in [1.54, 1.807) is 6.20 Å². The highest BCUT2D eigenvalue weighted by molar-refractivity contribution is 6.01. The van der Waals surface area contributed by atoms with Crippen molar-refractivity contribution in [3.05, 3.63) is 72.4 Å². The van der Waals surface area contributed by atoms with Crippen molar-refractivity contribution in [2.45, 2.75) is 44.2 Å². The molecular weight excluding hydrogens is 486 g/mol. The summed E-state index contributed by atoms with van der Waals surface area (Å²) in [6.07, 6.45) is 9.00. The number of rotatable bonds is 5. The molecule has 1 aliphatic heterocycles. The van der Waals surface area contributed by atoms with E-state index in [0.717, 1.165) is 57.6 Å². The maximum absolute atomic E-state index is 6.49. The largest absolute Gasteiger partial charge is 0.440 e. The van der Waals surface area contributed by atoms with Crippen molar-refractivity contribution in [3.8, 4) is 11.3 Å². The van der Waals surface area contributed by atoms with Crippen LogP contribution >= 0.6 is 0 Å². The molecule has 0 unspecified atom stereocenters. The van der Waals surface area contributed by atoms with Crippen LogP contribution in [0.5, 0.6) is 0 Å². The highest BCUT2D eigenvalue weighted by atomic mass is 16.3. The summed E-state index contributed by atoms with van der Waals surface area (Å²) in [6.45, 7) is 4.71. The van der Waals surface area contributed by atoms with Gasteiger partial charge in [-0.3, -0.25) is 14.6 Å². The standard InChI is InChI=1S/C31H35N7O/c1-36-14-16-37(17-15-36)23-10-12-24(13-11-23)38-27-20-33-19-25(32)30(27)31(35-38)22-8-6-21(7-9-22)18-29-34-26-4-2-3-5-28(26)39-29/h2-9,19-20,23-24H,10-18,32H2,1H3. The Labute approximate surface area is 228 Å². The second-order valence-electron chi connectivity index (χ2n) is 11.2. The molecule has 0 radical (unpaired) electrons. The summed E-state index contributed by atoms with van der Waals surface area (Å²) in [4.78, 5) is 14.2. The Morgan fingerprint density at radius 1 is 0.897 bits per heavy atom. The second-order valence-corrected chi connectivity index (χ2v) is 11.2. The van der Waals surface area contributed by atoms with E-state index in [4.69, 9.17) is 15.2 Å². The number of benzene rings is 2. The van der Waals surface area contributed by atoms with E-state index in [1.165, 1.54) is 39.0 Å². The zero-order chi connectivity index (χ0) is 26.3. The van der Waals surface area contributed by atoms with Crippen LogP contribution in [0.15, 0.2) is 65.3 Å². The zero-order valence-electron chi connectivity index (χ0n) is 22.5. The van der Waals surface area contributed by atoms with Gasteiger partial charge in [0.05, 0.1) is 35.0 Å². The van der Waals surface area contributed by atoms with Crippen LogP contribution < -0.4 is 5.73 Å². The lowest BCUT2D eigenvalue weighted by molar-refractivity contribution is 0.0816. The Morgan fingerprint density at radius 2 is 1.64 bits per heavy atom. The van der Waals surface area contributed by atoms with Crippen LogP contribution in [0.4, 0.5) is 5.69 Å². The van der Waals surface area contributed by atoms with Crippen molar-refractivity contribution in [1.29, 1.82) is 0 Å². The van der Waals surface area contributed by atoms with Crippen molar-refractivity contribution in [1.82, 2.24) is 29.5 Å². The van der Waals surface area contributed by atoms with Gasteiger partial charge in [0.2, 0.25) is 0 Å². The number of oxazole rings is 1. The van der Waals surface area contributed by atoms with E-state index in [1.807, 2.05) is 30.5 Å². The number of hydrogen-bond donors (Lipinski definition) is 1. The van der Waals surface area contributed by atoms with Gasteiger partial charge in [0, 0.05) is 44.2 Å². The molecule has 8 heteroatoms. The number of piperazine rings is 1. The number of nitrogens with two attached hydrogens (primary N) is 1. The summed E-state index contributed by atoms with van der Waals surface area (Å²) in [5.74, 6) is 0.723. The SMILES string of the molecule is CN1CCN(C2CCC(n3nc(-c4ccc(Cc5nc6ccccc6o5)cc4)c4c(N)cncc43)CC2)CC1. The summed E-state index contributed by atoms with van der Waals surface area (Å²) >= 11 is 0. The number of likely N-dealkylation sites (N-methyl/N-ethyl adjacent to an activating group) is 1. The maximum atomic E-state index is 6.49. The van der Waals surface area contributed by atoms with E-state index in [9.17, 15) is 0 Å². The van der Waals surface area contributed by atoms with Crippen molar-refractivity contribution >= 4 is 27.7 Å². The van der Waals surface area contributed by atoms with E-state index in [0.29, 0.717) is 24.2 Å². The second kappa shape index (κ2) is 10.1. The van der Waals surface area contributed by atoms with E-state index in [2.05, 4.69) is 55.8 Å². The Bertz CT molecular complexity index is 1560. The predicted octanol–water partition coefficient (Wildman–Crippen LogP) is 5.14. The Morgan fingerprint density at radius 3 is 2.41 bits per heavy atom. The van der Waals surface area contributed by atoms with Crippen molar-refractivity contribution < 1.29 is 4.42 Å². The number of para-hydroxylation sites is 2. The summed E-state index contributed by atoms with van der Waals surface area (Å²) < 4.78 is 8.14. The van der Waals surface area contributed by atoms with Gasteiger partial charge in [0.1, 0.15) is 11.2 Å². The summed E-state index contributed by atoms with van der Waals surface area (Å²) in [7, 11) is 2.22. The minimum absolute atomic E-state index is 0.368. The van der Waals surface area contributed by atoms with Crippen LogP contribution in [0.25, 0.3) is 33.3 Å². The third kappa shape index (κ3) is 4.68. The zero-order valence-corrected chi connectivity index (χ0v) is 22.5. The van der Waals surface area contributed by atoms with E-state index >= 15 is 0 Å². The molecule has 0 atom stereocenters. The van der Waals surface area contributed by atoms with Gasteiger partial charge in [-0.05, 0) is 50.4 Å². The fourth-order valence-electron chi connectivity index (χ4n) is 6.39. The molecule has 1 saturated heterocycles. The molecule has 200 valence electrons. The summed E-state index contributed by atoms with van der Waals surface area (Å²) in [6, 6.07) is 17.5. The van der Waals surface area contributed by atoms with Crippen LogP contribution in [-0.4, -0.2) is 68.8 Å². The molecule has 3 aromatic heterocycles.